The smallest absolute Gasteiger partial charge is 0.137 e. The Bertz CT molecular complexity index is 491. The lowest BCUT2D eigenvalue weighted by molar-refractivity contribution is 0.141. The highest BCUT2D eigenvalue weighted by atomic mass is 35.5. The molecule has 2 aliphatic rings. The summed E-state index contributed by atoms with van der Waals surface area (Å²) in [6.45, 7) is 8.68. The molecule has 2 saturated heterocycles. The molecular weight excluding hydrogens is 284 g/mol. The van der Waals surface area contributed by atoms with E-state index in [1.165, 1.54) is 45.2 Å². The Morgan fingerprint density at radius 3 is 2.29 bits per heavy atom. The molecule has 0 N–H and O–H groups in total. The SMILES string of the molecule is Cc1nc(Cl)c(C)c(N2CCC(N3CCCCC3)CC2)n1. The molecule has 3 rings (SSSR count). The Morgan fingerprint density at radius 1 is 0.952 bits per heavy atom. The third-order valence-electron chi connectivity index (χ3n) is 4.84. The second kappa shape index (κ2) is 6.49. The summed E-state index contributed by atoms with van der Waals surface area (Å²) in [5.41, 5.74) is 1.01. The maximum atomic E-state index is 6.20. The van der Waals surface area contributed by atoms with Gasteiger partial charge < -0.3 is 9.80 Å². The number of halogens is 1. The molecule has 0 aromatic carbocycles. The van der Waals surface area contributed by atoms with Crippen LogP contribution in [0.1, 0.15) is 43.5 Å². The second-order valence-electron chi connectivity index (χ2n) is 6.33. The topological polar surface area (TPSA) is 32.3 Å². The zero-order valence-corrected chi connectivity index (χ0v) is 13.9. The van der Waals surface area contributed by atoms with Crippen molar-refractivity contribution in [1.29, 1.82) is 0 Å². The average Bonchev–Trinajstić information content (AvgIpc) is 2.52. The fourth-order valence-corrected chi connectivity index (χ4v) is 3.82. The van der Waals surface area contributed by atoms with Crippen LogP contribution in [0.4, 0.5) is 5.82 Å². The maximum Gasteiger partial charge on any atom is 0.137 e. The van der Waals surface area contributed by atoms with Crippen LogP contribution in [-0.4, -0.2) is 47.1 Å². The first kappa shape index (κ1) is 15.0. The fraction of sp³-hybridized carbons (Fsp3) is 0.750. The van der Waals surface area contributed by atoms with Crippen LogP contribution < -0.4 is 4.90 Å². The van der Waals surface area contributed by atoms with Crippen molar-refractivity contribution in [2.75, 3.05) is 31.1 Å². The van der Waals surface area contributed by atoms with E-state index in [9.17, 15) is 0 Å². The van der Waals surface area contributed by atoms with Crippen LogP contribution in [-0.2, 0) is 0 Å². The zero-order valence-electron chi connectivity index (χ0n) is 13.1. The van der Waals surface area contributed by atoms with Crippen LogP contribution in [0, 0.1) is 13.8 Å². The number of nitrogens with zero attached hydrogens (tertiary/aromatic N) is 4. The summed E-state index contributed by atoms with van der Waals surface area (Å²) in [6, 6.07) is 0.764. The molecule has 0 unspecified atom stereocenters. The van der Waals surface area contributed by atoms with Gasteiger partial charge in [-0.2, -0.15) is 0 Å². The summed E-state index contributed by atoms with van der Waals surface area (Å²) < 4.78 is 0. The number of likely N-dealkylation sites (tertiary alicyclic amines) is 1. The van der Waals surface area contributed by atoms with E-state index in [0.717, 1.165) is 36.3 Å². The molecule has 0 aliphatic carbocycles. The largest absolute Gasteiger partial charge is 0.356 e. The first-order chi connectivity index (χ1) is 10.1. The minimum Gasteiger partial charge on any atom is -0.356 e. The predicted molar refractivity (Wildman–Crippen MR) is 87.2 cm³/mol. The van der Waals surface area contributed by atoms with Crippen molar-refractivity contribution in [3.8, 4) is 0 Å². The molecule has 21 heavy (non-hydrogen) atoms. The predicted octanol–water partition coefficient (Wildman–Crippen LogP) is 3.20. The molecule has 116 valence electrons. The highest BCUT2D eigenvalue weighted by Gasteiger charge is 2.27. The van der Waals surface area contributed by atoms with Gasteiger partial charge in [0.2, 0.25) is 0 Å². The Balaban J connectivity index is 1.65. The number of aromatic nitrogens is 2. The van der Waals surface area contributed by atoms with Crippen LogP contribution >= 0.6 is 11.6 Å². The summed E-state index contributed by atoms with van der Waals surface area (Å²) >= 11 is 6.20. The van der Waals surface area contributed by atoms with Gasteiger partial charge in [-0.3, -0.25) is 0 Å². The summed E-state index contributed by atoms with van der Waals surface area (Å²) in [6.07, 6.45) is 6.63. The van der Waals surface area contributed by atoms with E-state index >= 15 is 0 Å². The van der Waals surface area contributed by atoms with Crippen molar-refractivity contribution in [2.24, 2.45) is 0 Å². The van der Waals surface area contributed by atoms with Crippen molar-refractivity contribution in [3.05, 3.63) is 16.5 Å². The van der Waals surface area contributed by atoms with Crippen molar-refractivity contribution in [2.45, 2.75) is 52.0 Å². The molecule has 0 saturated carbocycles. The molecule has 0 atom stereocenters. The second-order valence-corrected chi connectivity index (χ2v) is 6.68. The van der Waals surface area contributed by atoms with Gasteiger partial charge in [-0.25, -0.2) is 9.97 Å². The standard InChI is InChI=1S/C16H25ClN4/c1-12-15(17)18-13(2)19-16(12)21-10-6-14(7-11-21)20-8-4-3-5-9-20/h14H,3-11H2,1-2H3. The van der Waals surface area contributed by atoms with Crippen molar-refractivity contribution in [3.63, 3.8) is 0 Å². The van der Waals surface area contributed by atoms with E-state index in [2.05, 4.69) is 19.8 Å². The van der Waals surface area contributed by atoms with E-state index in [-0.39, 0.29) is 0 Å². The van der Waals surface area contributed by atoms with Crippen LogP contribution in [0.25, 0.3) is 0 Å². The first-order valence-electron chi connectivity index (χ1n) is 8.15. The van der Waals surface area contributed by atoms with E-state index in [4.69, 9.17) is 11.6 Å². The Kier molecular flexibility index (Phi) is 4.65. The van der Waals surface area contributed by atoms with E-state index < -0.39 is 0 Å². The average molecular weight is 309 g/mol. The molecule has 4 nitrogen and oxygen atoms in total. The third-order valence-corrected chi connectivity index (χ3v) is 5.21. The normalized spacial score (nSPS) is 21.8. The lowest BCUT2D eigenvalue weighted by Crippen LogP contribution is -2.47. The summed E-state index contributed by atoms with van der Waals surface area (Å²) in [7, 11) is 0. The number of aryl methyl sites for hydroxylation is 1. The van der Waals surface area contributed by atoms with Gasteiger partial charge in [-0.15, -0.1) is 0 Å². The molecule has 0 bridgehead atoms. The Labute approximate surface area is 132 Å². The molecule has 1 aromatic heterocycles. The maximum absolute atomic E-state index is 6.20. The number of piperidine rings is 2. The molecule has 2 fully saturated rings. The molecule has 2 aliphatic heterocycles. The lowest BCUT2D eigenvalue weighted by atomic mass is 10.00. The molecule has 1 aromatic rings. The van der Waals surface area contributed by atoms with Crippen LogP contribution in [0.2, 0.25) is 5.15 Å². The highest BCUT2D eigenvalue weighted by molar-refractivity contribution is 6.30. The first-order valence-corrected chi connectivity index (χ1v) is 8.52. The minimum atomic E-state index is 0.593. The van der Waals surface area contributed by atoms with Gasteiger partial charge in [0, 0.05) is 24.7 Å². The molecule has 3 heterocycles. The summed E-state index contributed by atoms with van der Waals surface area (Å²) in [5.74, 6) is 1.79. The van der Waals surface area contributed by atoms with Crippen LogP contribution in [0.15, 0.2) is 0 Å². The Morgan fingerprint density at radius 2 is 1.62 bits per heavy atom. The van der Waals surface area contributed by atoms with E-state index in [1.807, 2.05) is 13.8 Å². The molecule has 0 spiro atoms. The van der Waals surface area contributed by atoms with Crippen LogP contribution in [0.3, 0.4) is 0 Å². The highest BCUT2D eigenvalue weighted by Crippen LogP contribution is 2.28. The van der Waals surface area contributed by atoms with Gasteiger partial charge in [-0.1, -0.05) is 18.0 Å². The van der Waals surface area contributed by atoms with Crippen LogP contribution in [0.5, 0.6) is 0 Å². The van der Waals surface area contributed by atoms with Crippen molar-refractivity contribution >= 4 is 17.4 Å². The number of hydrogen-bond acceptors (Lipinski definition) is 4. The molecule has 5 heteroatoms. The molecule has 0 amide bonds. The lowest BCUT2D eigenvalue weighted by Gasteiger charge is -2.40. The van der Waals surface area contributed by atoms with Gasteiger partial charge >= 0.3 is 0 Å². The summed E-state index contributed by atoms with van der Waals surface area (Å²) in [4.78, 5) is 13.9. The van der Waals surface area contributed by atoms with Gasteiger partial charge in [-0.05, 0) is 52.6 Å². The third kappa shape index (κ3) is 3.32. The zero-order chi connectivity index (χ0) is 14.8. The van der Waals surface area contributed by atoms with Crippen molar-refractivity contribution < 1.29 is 0 Å². The van der Waals surface area contributed by atoms with E-state index in [1.54, 1.807) is 0 Å². The van der Waals surface area contributed by atoms with Gasteiger partial charge in [0.15, 0.2) is 0 Å². The molecule has 0 radical (unpaired) electrons. The van der Waals surface area contributed by atoms with Gasteiger partial charge in [0.1, 0.15) is 16.8 Å². The summed E-state index contributed by atoms with van der Waals surface area (Å²) in [5, 5.41) is 0.593. The van der Waals surface area contributed by atoms with Crippen molar-refractivity contribution in [1.82, 2.24) is 14.9 Å². The Hall–Kier alpha value is -0.870. The minimum absolute atomic E-state index is 0.593. The number of hydrogen-bond donors (Lipinski definition) is 0. The number of rotatable bonds is 2. The monoisotopic (exact) mass is 308 g/mol. The quantitative estimate of drug-likeness (QED) is 0.785. The fourth-order valence-electron chi connectivity index (χ4n) is 3.61. The van der Waals surface area contributed by atoms with Gasteiger partial charge in [0.25, 0.3) is 0 Å². The van der Waals surface area contributed by atoms with E-state index in [0.29, 0.717) is 5.15 Å². The number of anilines is 1. The van der Waals surface area contributed by atoms with Gasteiger partial charge in [0.05, 0.1) is 0 Å². The molecular formula is C16H25ClN4.